The first-order chi connectivity index (χ1) is 19.7. The molecule has 0 saturated heterocycles. The van der Waals surface area contributed by atoms with Gasteiger partial charge in [0.05, 0.1) is 19.8 Å². The van der Waals surface area contributed by atoms with Crippen LogP contribution in [-0.4, -0.2) is 67.6 Å². The summed E-state index contributed by atoms with van der Waals surface area (Å²) in [5.41, 5.74) is 3.32. The van der Waals surface area contributed by atoms with Crippen LogP contribution >= 0.6 is 0 Å². The van der Waals surface area contributed by atoms with Gasteiger partial charge in [-0.05, 0) is 41.3 Å². The van der Waals surface area contributed by atoms with Crippen LogP contribution in [0.1, 0.15) is 25.3 Å². The summed E-state index contributed by atoms with van der Waals surface area (Å²) >= 11 is 0. The molecule has 3 unspecified atom stereocenters. The number of ether oxygens (including phenoxy) is 4. The molecule has 3 atom stereocenters. The fraction of sp³-hybridized carbons (Fsp3) is 0.321. The van der Waals surface area contributed by atoms with Crippen LogP contribution in [0.3, 0.4) is 0 Å². The summed E-state index contributed by atoms with van der Waals surface area (Å²) in [7, 11) is 1.18. The van der Waals surface area contributed by atoms with Crippen LogP contribution in [0.2, 0.25) is 0 Å². The number of methoxy groups -OCH3 is 1. The number of carbonyl (C=O) groups is 5. The predicted octanol–water partition coefficient (Wildman–Crippen LogP) is 2.95. The van der Waals surface area contributed by atoms with Crippen LogP contribution in [0.25, 0.3) is 11.1 Å². The molecular formula is C28H31N3O10. The van der Waals surface area contributed by atoms with E-state index in [1.165, 1.54) is 20.1 Å². The fourth-order valence-electron chi connectivity index (χ4n) is 4.16. The summed E-state index contributed by atoms with van der Waals surface area (Å²) in [4.78, 5) is 58.0. The zero-order valence-corrected chi connectivity index (χ0v) is 22.5. The molecule has 2 aromatic rings. The van der Waals surface area contributed by atoms with E-state index in [0.717, 1.165) is 16.7 Å². The van der Waals surface area contributed by atoms with Crippen molar-refractivity contribution < 1.29 is 48.0 Å². The lowest BCUT2D eigenvalue weighted by atomic mass is 9.97. The second-order valence-corrected chi connectivity index (χ2v) is 8.92. The van der Waals surface area contributed by atoms with E-state index in [1.54, 1.807) is 12.1 Å². The van der Waals surface area contributed by atoms with Gasteiger partial charge in [0.25, 0.3) is 0 Å². The van der Waals surface area contributed by atoms with Crippen molar-refractivity contribution in [3.8, 4) is 11.1 Å². The van der Waals surface area contributed by atoms with Gasteiger partial charge in [-0.25, -0.2) is 14.4 Å². The maximum Gasteiger partial charge on any atom is 0.505 e. The molecule has 218 valence electrons. The van der Waals surface area contributed by atoms with Crippen molar-refractivity contribution >= 4 is 36.2 Å². The number of anilines is 1. The highest BCUT2D eigenvalue weighted by Gasteiger charge is 2.39. The number of nitrogens with one attached hydrogen (secondary N) is 3. The lowest BCUT2D eigenvalue weighted by Gasteiger charge is -2.36. The molecule has 1 aliphatic heterocycles. The quantitative estimate of drug-likeness (QED) is 0.169. The standard InChI is InChI=1S/C28H31N3O10/c1-17(33)31-22-11-12-24(26(34)38-2)40-25(22)23(13-14-39-28(36)37)41-27(35)29-15-18-3-5-19(6-4-18)20-7-9-21(10-8-20)30-16-32/h3-10,12,16,22-23,25H,11,13-15H2,1-2H3,(H,29,35)(H,30,32)(H,31,33)(H,36,37). The summed E-state index contributed by atoms with van der Waals surface area (Å²) < 4.78 is 20.6. The second-order valence-electron chi connectivity index (χ2n) is 8.92. The van der Waals surface area contributed by atoms with Crippen molar-refractivity contribution in [1.29, 1.82) is 0 Å². The molecule has 41 heavy (non-hydrogen) atoms. The van der Waals surface area contributed by atoms with E-state index < -0.39 is 36.5 Å². The molecule has 0 bridgehead atoms. The van der Waals surface area contributed by atoms with Gasteiger partial charge in [0.1, 0.15) is 6.10 Å². The van der Waals surface area contributed by atoms with Gasteiger partial charge in [-0.2, -0.15) is 0 Å². The second kappa shape index (κ2) is 14.9. The van der Waals surface area contributed by atoms with Gasteiger partial charge in [0.15, 0.2) is 6.10 Å². The Hall–Kier alpha value is -5.07. The summed E-state index contributed by atoms with van der Waals surface area (Å²) in [5.74, 6) is -1.25. The van der Waals surface area contributed by atoms with Crippen molar-refractivity contribution in [1.82, 2.24) is 10.6 Å². The van der Waals surface area contributed by atoms with Crippen LogP contribution in [-0.2, 0) is 39.9 Å². The molecule has 0 aliphatic carbocycles. The number of amides is 3. The Morgan fingerprint density at radius 3 is 2.32 bits per heavy atom. The van der Waals surface area contributed by atoms with E-state index in [1.807, 2.05) is 36.4 Å². The van der Waals surface area contributed by atoms with Gasteiger partial charge in [-0.1, -0.05) is 36.4 Å². The topological polar surface area (TPSA) is 179 Å². The highest BCUT2D eigenvalue weighted by molar-refractivity contribution is 5.86. The first-order valence-electron chi connectivity index (χ1n) is 12.6. The lowest BCUT2D eigenvalue weighted by molar-refractivity contribution is -0.144. The largest absolute Gasteiger partial charge is 0.505 e. The van der Waals surface area contributed by atoms with E-state index in [0.29, 0.717) is 12.1 Å². The van der Waals surface area contributed by atoms with Crippen LogP contribution in [0.4, 0.5) is 15.3 Å². The Morgan fingerprint density at radius 1 is 1.07 bits per heavy atom. The molecule has 4 N–H and O–H groups in total. The molecule has 0 fully saturated rings. The number of hydrogen-bond acceptors (Lipinski definition) is 9. The van der Waals surface area contributed by atoms with E-state index in [4.69, 9.17) is 19.3 Å². The monoisotopic (exact) mass is 569 g/mol. The predicted molar refractivity (Wildman–Crippen MR) is 144 cm³/mol. The Morgan fingerprint density at radius 2 is 1.73 bits per heavy atom. The van der Waals surface area contributed by atoms with Crippen molar-refractivity contribution in [2.24, 2.45) is 0 Å². The molecule has 1 heterocycles. The molecule has 0 radical (unpaired) electrons. The van der Waals surface area contributed by atoms with Crippen molar-refractivity contribution in [3.05, 3.63) is 65.9 Å². The Balaban J connectivity index is 1.67. The molecule has 13 nitrogen and oxygen atoms in total. The normalized spacial score (nSPS) is 16.6. The average Bonchev–Trinajstić information content (AvgIpc) is 2.96. The minimum absolute atomic E-state index is 0.106. The van der Waals surface area contributed by atoms with E-state index in [-0.39, 0.29) is 37.7 Å². The third kappa shape index (κ3) is 9.27. The maximum absolute atomic E-state index is 12.8. The average molecular weight is 570 g/mol. The van der Waals surface area contributed by atoms with Crippen molar-refractivity contribution in [2.45, 2.75) is 44.6 Å². The Labute approximate surface area is 235 Å². The molecule has 13 heteroatoms. The molecule has 0 spiro atoms. The van der Waals surface area contributed by atoms with Gasteiger partial charge in [0, 0.05) is 25.6 Å². The molecule has 0 saturated carbocycles. The van der Waals surface area contributed by atoms with E-state index in [9.17, 15) is 24.0 Å². The molecule has 1 aliphatic rings. The molecule has 2 aromatic carbocycles. The summed E-state index contributed by atoms with van der Waals surface area (Å²) in [6.07, 6.45) is -2.34. The zero-order chi connectivity index (χ0) is 29.8. The summed E-state index contributed by atoms with van der Waals surface area (Å²) in [5, 5.41) is 16.8. The lowest BCUT2D eigenvalue weighted by Crippen LogP contribution is -2.53. The number of esters is 1. The van der Waals surface area contributed by atoms with Crippen LogP contribution in [0.15, 0.2) is 60.4 Å². The smallest absolute Gasteiger partial charge is 0.477 e. The number of carboxylic acid groups (broad SMARTS) is 1. The van der Waals surface area contributed by atoms with Gasteiger partial charge in [-0.3, -0.25) is 9.59 Å². The van der Waals surface area contributed by atoms with Crippen LogP contribution in [0.5, 0.6) is 0 Å². The first kappa shape index (κ1) is 30.5. The Kier molecular flexibility index (Phi) is 11.1. The highest BCUT2D eigenvalue weighted by atomic mass is 16.7. The SMILES string of the molecule is COC(=O)C1=CCC(NC(C)=O)C(C(CCOC(=O)O)OC(=O)NCc2ccc(-c3ccc(NC=O)cc3)cc2)O1. The van der Waals surface area contributed by atoms with Crippen molar-refractivity contribution in [3.63, 3.8) is 0 Å². The summed E-state index contributed by atoms with van der Waals surface area (Å²) in [6, 6.07) is 14.0. The third-order valence-electron chi connectivity index (χ3n) is 6.08. The molecule has 3 amide bonds. The zero-order valence-electron chi connectivity index (χ0n) is 22.5. The van der Waals surface area contributed by atoms with E-state index >= 15 is 0 Å². The maximum atomic E-state index is 12.8. The number of alkyl carbamates (subject to hydrolysis) is 1. The van der Waals surface area contributed by atoms with Crippen LogP contribution in [0, 0.1) is 0 Å². The van der Waals surface area contributed by atoms with Crippen molar-refractivity contribution in [2.75, 3.05) is 19.0 Å². The number of hydrogen-bond donors (Lipinski definition) is 4. The number of carbonyl (C=O) groups excluding carboxylic acids is 4. The molecule has 0 aromatic heterocycles. The molecule has 3 rings (SSSR count). The third-order valence-corrected chi connectivity index (χ3v) is 6.08. The minimum atomic E-state index is -1.51. The summed E-state index contributed by atoms with van der Waals surface area (Å²) in [6.45, 7) is 1.09. The fourth-order valence-corrected chi connectivity index (χ4v) is 4.16. The van der Waals surface area contributed by atoms with Gasteiger partial charge >= 0.3 is 18.2 Å². The Bertz CT molecular complexity index is 1260. The van der Waals surface area contributed by atoms with E-state index in [2.05, 4.69) is 20.7 Å². The first-order valence-corrected chi connectivity index (χ1v) is 12.6. The van der Waals surface area contributed by atoms with Crippen LogP contribution < -0.4 is 16.0 Å². The van der Waals surface area contributed by atoms with Gasteiger partial charge in [0.2, 0.25) is 18.1 Å². The molecular weight excluding hydrogens is 538 g/mol. The highest BCUT2D eigenvalue weighted by Crippen LogP contribution is 2.25. The van der Waals surface area contributed by atoms with Gasteiger partial charge < -0.3 is 40.0 Å². The number of benzene rings is 2. The number of rotatable bonds is 12. The van der Waals surface area contributed by atoms with Gasteiger partial charge in [-0.15, -0.1) is 0 Å². The minimum Gasteiger partial charge on any atom is -0.477 e.